The molecule has 2 aromatic rings. The molecule has 1 aromatic carbocycles. The Morgan fingerprint density at radius 3 is 2.77 bits per heavy atom. The predicted octanol–water partition coefficient (Wildman–Crippen LogP) is 2.17. The van der Waals surface area contributed by atoms with E-state index in [1.807, 2.05) is 48.9 Å². The monoisotopic (exact) mass is 304 g/mol. The van der Waals surface area contributed by atoms with E-state index in [0.29, 0.717) is 13.0 Å². The molecule has 0 spiro atoms. The van der Waals surface area contributed by atoms with Gasteiger partial charge in [0.1, 0.15) is 5.75 Å². The number of nitrogens with zero attached hydrogens (tertiary/aromatic N) is 1. The number of aryl methyl sites for hydroxylation is 1. The highest BCUT2D eigenvalue weighted by atomic mass is 16.5. The number of carbonyl (C=O) groups is 1. The Morgan fingerprint density at radius 2 is 2.14 bits per heavy atom. The molecule has 0 aliphatic carbocycles. The Kier molecular flexibility index (Phi) is 5.44. The quantitative estimate of drug-likeness (QED) is 0.824. The SMILES string of the molecule is COc1cccc2ccn(CCC(=O)NC(CO)C(C)C)c12. The van der Waals surface area contributed by atoms with E-state index in [-0.39, 0.29) is 24.5 Å². The number of ether oxygens (including phenoxy) is 1. The van der Waals surface area contributed by atoms with Gasteiger partial charge in [-0.15, -0.1) is 0 Å². The summed E-state index contributed by atoms with van der Waals surface area (Å²) in [5, 5.41) is 13.2. The molecule has 5 nitrogen and oxygen atoms in total. The van der Waals surface area contributed by atoms with Crippen molar-refractivity contribution in [3.63, 3.8) is 0 Å². The Morgan fingerprint density at radius 1 is 1.36 bits per heavy atom. The van der Waals surface area contributed by atoms with Crippen molar-refractivity contribution in [2.24, 2.45) is 5.92 Å². The Balaban J connectivity index is 2.04. The molecule has 22 heavy (non-hydrogen) atoms. The van der Waals surface area contributed by atoms with Gasteiger partial charge in [0.25, 0.3) is 0 Å². The first-order valence-corrected chi connectivity index (χ1v) is 7.59. The Labute approximate surface area is 130 Å². The van der Waals surface area contributed by atoms with Gasteiger partial charge in [-0.3, -0.25) is 4.79 Å². The van der Waals surface area contributed by atoms with Crippen LogP contribution in [0, 0.1) is 5.92 Å². The number of rotatable bonds is 7. The van der Waals surface area contributed by atoms with Gasteiger partial charge >= 0.3 is 0 Å². The fourth-order valence-electron chi connectivity index (χ4n) is 2.50. The summed E-state index contributed by atoms with van der Waals surface area (Å²) in [6.07, 6.45) is 2.33. The molecule has 0 radical (unpaired) electrons. The summed E-state index contributed by atoms with van der Waals surface area (Å²) in [6.45, 7) is 4.49. The summed E-state index contributed by atoms with van der Waals surface area (Å²) in [5.74, 6) is 0.962. The molecule has 2 N–H and O–H groups in total. The zero-order valence-electron chi connectivity index (χ0n) is 13.4. The van der Waals surface area contributed by atoms with Crippen LogP contribution in [0.2, 0.25) is 0 Å². The number of aromatic nitrogens is 1. The number of benzene rings is 1. The zero-order valence-corrected chi connectivity index (χ0v) is 13.4. The third kappa shape index (κ3) is 3.60. The number of aliphatic hydroxyl groups is 1. The van der Waals surface area contributed by atoms with Crippen molar-refractivity contribution in [3.8, 4) is 5.75 Å². The second-order valence-corrected chi connectivity index (χ2v) is 5.76. The standard InChI is InChI=1S/C17H24N2O3/c1-12(2)14(11-20)18-16(21)8-10-19-9-7-13-5-4-6-15(22-3)17(13)19/h4-7,9,12,14,20H,8,10-11H2,1-3H3,(H,18,21). The molecule has 1 heterocycles. The van der Waals surface area contributed by atoms with Crippen LogP contribution in [0.5, 0.6) is 5.75 Å². The van der Waals surface area contributed by atoms with E-state index in [1.165, 1.54) is 0 Å². The van der Waals surface area contributed by atoms with E-state index in [2.05, 4.69) is 5.32 Å². The van der Waals surface area contributed by atoms with Crippen LogP contribution in [0.15, 0.2) is 30.5 Å². The first-order valence-electron chi connectivity index (χ1n) is 7.59. The number of para-hydroxylation sites is 1. The third-order valence-corrected chi connectivity index (χ3v) is 3.90. The summed E-state index contributed by atoms with van der Waals surface area (Å²) in [4.78, 5) is 12.0. The minimum Gasteiger partial charge on any atom is -0.495 e. The number of fused-ring (bicyclic) bond motifs is 1. The summed E-state index contributed by atoms with van der Waals surface area (Å²) < 4.78 is 7.42. The van der Waals surface area contributed by atoms with E-state index in [4.69, 9.17) is 4.74 Å². The number of carbonyl (C=O) groups excluding carboxylic acids is 1. The Bertz CT molecular complexity index is 634. The van der Waals surface area contributed by atoms with Crippen molar-refractivity contribution in [2.45, 2.75) is 32.9 Å². The summed E-state index contributed by atoms with van der Waals surface area (Å²) in [6, 6.07) is 7.71. The van der Waals surface area contributed by atoms with Crippen molar-refractivity contribution in [2.75, 3.05) is 13.7 Å². The first kappa shape index (κ1) is 16.4. The largest absolute Gasteiger partial charge is 0.495 e. The van der Waals surface area contributed by atoms with Crippen molar-refractivity contribution in [3.05, 3.63) is 30.5 Å². The van der Waals surface area contributed by atoms with Crippen LogP contribution in [-0.4, -0.2) is 35.3 Å². The highest BCUT2D eigenvalue weighted by molar-refractivity contribution is 5.86. The minimum atomic E-state index is -0.191. The lowest BCUT2D eigenvalue weighted by Crippen LogP contribution is -2.41. The van der Waals surface area contributed by atoms with Crippen molar-refractivity contribution >= 4 is 16.8 Å². The molecule has 1 amide bonds. The van der Waals surface area contributed by atoms with E-state index in [9.17, 15) is 9.90 Å². The van der Waals surface area contributed by atoms with Gasteiger partial charge in [0, 0.05) is 24.5 Å². The second-order valence-electron chi connectivity index (χ2n) is 5.76. The second kappa shape index (κ2) is 7.31. The van der Waals surface area contributed by atoms with Crippen LogP contribution in [0.1, 0.15) is 20.3 Å². The highest BCUT2D eigenvalue weighted by Gasteiger charge is 2.15. The molecule has 1 aromatic heterocycles. The molecule has 5 heteroatoms. The van der Waals surface area contributed by atoms with Crippen LogP contribution in [0.4, 0.5) is 0 Å². The van der Waals surface area contributed by atoms with E-state index in [0.717, 1.165) is 16.7 Å². The lowest BCUT2D eigenvalue weighted by molar-refractivity contribution is -0.122. The lowest BCUT2D eigenvalue weighted by atomic mass is 10.1. The Hall–Kier alpha value is -2.01. The van der Waals surface area contributed by atoms with Gasteiger partial charge in [-0.25, -0.2) is 0 Å². The van der Waals surface area contributed by atoms with Gasteiger partial charge in [0.2, 0.25) is 5.91 Å². The summed E-state index contributed by atoms with van der Waals surface area (Å²) in [7, 11) is 1.65. The number of nitrogens with one attached hydrogen (secondary N) is 1. The van der Waals surface area contributed by atoms with Crippen LogP contribution < -0.4 is 10.1 Å². The summed E-state index contributed by atoms with van der Waals surface area (Å²) in [5.41, 5.74) is 1.00. The van der Waals surface area contributed by atoms with Crippen molar-refractivity contribution in [1.29, 1.82) is 0 Å². The normalized spacial score (nSPS) is 12.6. The van der Waals surface area contributed by atoms with E-state index < -0.39 is 0 Å². The molecule has 1 unspecified atom stereocenters. The molecule has 0 saturated heterocycles. The highest BCUT2D eigenvalue weighted by Crippen LogP contribution is 2.26. The number of hydrogen-bond donors (Lipinski definition) is 2. The predicted molar refractivity (Wildman–Crippen MR) is 87.0 cm³/mol. The average Bonchev–Trinajstić information content (AvgIpc) is 2.93. The van der Waals surface area contributed by atoms with Crippen LogP contribution >= 0.6 is 0 Å². The van der Waals surface area contributed by atoms with Gasteiger partial charge < -0.3 is 19.7 Å². The molecule has 0 aliphatic rings. The third-order valence-electron chi connectivity index (χ3n) is 3.90. The maximum atomic E-state index is 12.0. The maximum absolute atomic E-state index is 12.0. The molecule has 0 aliphatic heterocycles. The van der Waals surface area contributed by atoms with Gasteiger partial charge in [-0.05, 0) is 18.1 Å². The molecule has 1 atom stereocenters. The van der Waals surface area contributed by atoms with Gasteiger partial charge in [0.05, 0.1) is 25.3 Å². The molecular weight excluding hydrogens is 280 g/mol. The summed E-state index contributed by atoms with van der Waals surface area (Å²) >= 11 is 0. The van der Waals surface area contributed by atoms with Gasteiger partial charge in [-0.2, -0.15) is 0 Å². The van der Waals surface area contributed by atoms with Crippen molar-refractivity contribution < 1.29 is 14.6 Å². The molecule has 0 bridgehead atoms. The molecule has 0 fully saturated rings. The number of aliphatic hydroxyl groups excluding tert-OH is 1. The molecular formula is C17H24N2O3. The first-order chi connectivity index (χ1) is 10.6. The van der Waals surface area contributed by atoms with Gasteiger partial charge in [0.15, 0.2) is 0 Å². The molecule has 2 rings (SSSR count). The molecule has 120 valence electrons. The number of hydrogen-bond acceptors (Lipinski definition) is 3. The van der Waals surface area contributed by atoms with Gasteiger partial charge in [-0.1, -0.05) is 26.0 Å². The smallest absolute Gasteiger partial charge is 0.222 e. The molecule has 0 saturated carbocycles. The number of amides is 1. The zero-order chi connectivity index (χ0) is 16.1. The van der Waals surface area contributed by atoms with Crippen LogP contribution in [-0.2, 0) is 11.3 Å². The average molecular weight is 304 g/mol. The van der Waals surface area contributed by atoms with E-state index >= 15 is 0 Å². The fourth-order valence-corrected chi connectivity index (χ4v) is 2.50. The lowest BCUT2D eigenvalue weighted by Gasteiger charge is -2.20. The van der Waals surface area contributed by atoms with Crippen LogP contribution in [0.25, 0.3) is 10.9 Å². The minimum absolute atomic E-state index is 0.0380. The fraction of sp³-hybridized carbons (Fsp3) is 0.471. The maximum Gasteiger partial charge on any atom is 0.222 e. The van der Waals surface area contributed by atoms with E-state index in [1.54, 1.807) is 7.11 Å². The van der Waals surface area contributed by atoms with Crippen LogP contribution in [0.3, 0.4) is 0 Å². The van der Waals surface area contributed by atoms with Crippen molar-refractivity contribution in [1.82, 2.24) is 9.88 Å². The topological polar surface area (TPSA) is 63.5 Å². The number of methoxy groups -OCH3 is 1.